The number of benzene rings is 1. The summed E-state index contributed by atoms with van der Waals surface area (Å²) >= 11 is 1.83. The van der Waals surface area contributed by atoms with E-state index in [0.29, 0.717) is 6.42 Å². The summed E-state index contributed by atoms with van der Waals surface area (Å²) in [4.78, 5) is 12.7. The molecule has 0 fully saturated rings. The van der Waals surface area contributed by atoms with Crippen molar-refractivity contribution < 1.29 is 4.79 Å². The molecule has 1 amide bonds. The summed E-state index contributed by atoms with van der Waals surface area (Å²) in [6.07, 6.45) is 1.60. The Kier molecular flexibility index (Phi) is 3.00. The van der Waals surface area contributed by atoms with Gasteiger partial charge in [0.15, 0.2) is 0 Å². The molecule has 0 unspecified atom stereocenters. The average Bonchev–Trinajstić information content (AvgIpc) is 2.17. The third-order valence-electron chi connectivity index (χ3n) is 2.68. The molecule has 0 saturated carbocycles. The van der Waals surface area contributed by atoms with Gasteiger partial charge >= 0.3 is 0 Å². The van der Waals surface area contributed by atoms with Gasteiger partial charge in [-0.25, -0.2) is 0 Å². The van der Waals surface area contributed by atoms with E-state index in [9.17, 15) is 4.79 Å². The van der Waals surface area contributed by atoms with Crippen molar-refractivity contribution in [2.24, 2.45) is 0 Å². The van der Waals surface area contributed by atoms with Crippen LogP contribution in [0.25, 0.3) is 0 Å². The predicted octanol–water partition coefficient (Wildman–Crippen LogP) is 3.13. The molecule has 80 valence electrons. The summed E-state index contributed by atoms with van der Waals surface area (Å²) in [5.74, 6) is 1.17. The van der Waals surface area contributed by atoms with Crippen molar-refractivity contribution in [2.75, 3.05) is 11.1 Å². The topological polar surface area (TPSA) is 29.1 Å². The minimum absolute atomic E-state index is 0.139. The van der Waals surface area contributed by atoms with Crippen molar-refractivity contribution in [3.8, 4) is 0 Å². The van der Waals surface area contributed by atoms with E-state index in [1.165, 1.54) is 16.0 Å². The first kappa shape index (κ1) is 10.6. The first-order valence-corrected chi connectivity index (χ1v) is 6.19. The number of carbonyl (C=O) groups is 1. The van der Waals surface area contributed by atoms with Crippen molar-refractivity contribution in [3.63, 3.8) is 0 Å². The van der Waals surface area contributed by atoms with Gasteiger partial charge in [0.05, 0.1) is 5.69 Å². The fraction of sp³-hybridized carbons (Fsp3) is 0.417. The molecule has 1 aliphatic rings. The van der Waals surface area contributed by atoms with Gasteiger partial charge in [0, 0.05) is 11.3 Å². The maximum atomic E-state index is 11.5. The fourth-order valence-electron chi connectivity index (χ4n) is 1.63. The third kappa shape index (κ3) is 2.34. The van der Waals surface area contributed by atoms with Gasteiger partial charge in [-0.1, -0.05) is 0 Å². The quantitative estimate of drug-likeness (QED) is 0.729. The maximum absolute atomic E-state index is 11.5. The van der Waals surface area contributed by atoms with E-state index in [0.717, 1.165) is 17.9 Å². The molecule has 0 aromatic heterocycles. The summed E-state index contributed by atoms with van der Waals surface area (Å²) in [7, 11) is 0. The Bertz CT molecular complexity index is 401. The standard InChI is InChI=1S/C12H15NOS/c1-8-6-10-11(7-9(8)2)15-5-3-4-12(14)13-10/h6-7H,3-5H2,1-2H3,(H,13,14). The molecule has 1 aromatic rings. The largest absolute Gasteiger partial charge is 0.325 e. The summed E-state index contributed by atoms with van der Waals surface area (Å²) < 4.78 is 0. The van der Waals surface area contributed by atoms with E-state index in [1.807, 2.05) is 11.8 Å². The molecule has 1 aromatic carbocycles. The number of hydrogen-bond donors (Lipinski definition) is 1. The van der Waals surface area contributed by atoms with E-state index < -0.39 is 0 Å². The molecule has 1 aliphatic heterocycles. The highest BCUT2D eigenvalue weighted by Crippen LogP contribution is 2.32. The van der Waals surface area contributed by atoms with Crippen molar-refractivity contribution in [1.29, 1.82) is 0 Å². The Morgan fingerprint density at radius 1 is 1.27 bits per heavy atom. The molecule has 1 N–H and O–H groups in total. The van der Waals surface area contributed by atoms with Crippen molar-refractivity contribution in [1.82, 2.24) is 0 Å². The molecule has 3 heteroatoms. The number of fused-ring (bicyclic) bond motifs is 1. The number of anilines is 1. The Morgan fingerprint density at radius 2 is 2.00 bits per heavy atom. The van der Waals surface area contributed by atoms with Gasteiger partial charge in [-0.15, -0.1) is 11.8 Å². The predicted molar refractivity (Wildman–Crippen MR) is 64.5 cm³/mol. The molecular formula is C12H15NOS. The van der Waals surface area contributed by atoms with Crippen LogP contribution in [-0.4, -0.2) is 11.7 Å². The van der Waals surface area contributed by atoms with Crippen molar-refractivity contribution in [2.45, 2.75) is 31.6 Å². The number of amides is 1. The first-order valence-electron chi connectivity index (χ1n) is 5.21. The molecule has 0 spiro atoms. The molecular weight excluding hydrogens is 206 g/mol. The molecule has 2 nitrogen and oxygen atoms in total. The van der Waals surface area contributed by atoms with Gasteiger partial charge < -0.3 is 5.32 Å². The second kappa shape index (κ2) is 4.27. The third-order valence-corrected chi connectivity index (χ3v) is 3.82. The van der Waals surface area contributed by atoms with Crippen LogP contribution < -0.4 is 5.32 Å². The lowest BCUT2D eigenvalue weighted by atomic mass is 10.1. The van der Waals surface area contributed by atoms with Crippen molar-refractivity contribution >= 4 is 23.4 Å². The van der Waals surface area contributed by atoms with Gasteiger partial charge in [-0.2, -0.15) is 0 Å². The molecule has 0 saturated heterocycles. The highest BCUT2D eigenvalue weighted by Gasteiger charge is 2.12. The van der Waals surface area contributed by atoms with Gasteiger partial charge in [0.2, 0.25) is 5.91 Å². The molecule has 0 bridgehead atoms. The van der Waals surface area contributed by atoms with E-state index in [1.54, 1.807) is 0 Å². The molecule has 1 heterocycles. The minimum Gasteiger partial charge on any atom is -0.325 e. The van der Waals surface area contributed by atoms with Crippen LogP contribution in [0.5, 0.6) is 0 Å². The van der Waals surface area contributed by atoms with Crippen LogP contribution in [-0.2, 0) is 4.79 Å². The van der Waals surface area contributed by atoms with Crippen molar-refractivity contribution in [3.05, 3.63) is 23.3 Å². The number of hydrogen-bond acceptors (Lipinski definition) is 2. The van der Waals surface area contributed by atoms with Gasteiger partial charge in [-0.05, 0) is 49.3 Å². The van der Waals surface area contributed by atoms with Crippen LogP contribution in [0.2, 0.25) is 0 Å². The lowest BCUT2D eigenvalue weighted by molar-refractivity contribution is -0.116. The van der Waals surface area contributed by atoms with E-state index in [4.69, 9.17) is 0 Å². The summed E-state index contributed by atoms with van der Waals surface area (Å²) in [5, 5.41) is 2.97. The highest BCUT2D eigenvalue weighted by molar-refractivity contribution is 7.99. The maximum Gasteiger partial charge on any atom is 0.224 e. The molecule has 2 rings (SSSR count). The van der Waals surface area contributed by atoms with E-state index in [-0.39, 0.29) is 5.91 Å². The summed E-state index contributed by atoms with van der Waals surface area (Å²) in [5.41, 5.74) is 3.50. The molecule has 15 heavy (non-hydrogen) atoms. The van der Waals surface area contributed by atoms with Crippen LogP contribution in [0, 0.1) is 13.8 Å². The van der Waals surface area contributed by atoms with Crippen LogP contribution in [0.3, 0.4) is 0 Å². The number of rotatable bonds is 0. The Hall–Kier alpha value is -0.960. The highest BCUT2D eigenvalue weighted by atomic mass is 32.2. The second-order valence-corrected chi connectivity index (χ2v) is 5.07. The number of carbonyl (C=O) groups excluding carboxylic acids is 1. The normalized spacial score (nSPS) is 16.3. The summed E-state index contributed by atoms with van der Waals surface area (Å²) in [6.45, 7) is 4.18. The Labute approximate surface area is 94.4 Å². The zero-order chi connectivity index (χ0) is 10.8. The molecule has 0 atom stereocenters. The van der Waals surface area contributed by atoms with Crippen LogP contribution in [0.4, 0.5) is 5.69 Å². The van der Waals surface area contributed by atoms with Crippen LogP contribution >= 0.6 is 11.8 Å². The smallest absolute Gasteiger partial charge is 0.224 e. The number of nitrogens with one attached hydrogen (secondary N) is 1. The van der Waals surface area contributed by atoms with E-state index in [2.05, 4.69) is 31.3 Å². The van der Waals surface area contributed by atoms with Gasteiger partial charge in [0.25, 0.3) is 0 Å². The SMILES string of the molecule is Cc1cc2c(cc1C)SCCCC(=O)N2. The minimum atomic E-state index is 0.139. The monoisotopic (exact) mass is 221 g/mol. The summed E-state index contributed by atoms with van der Waals surface area (Å²) in [6, 6.07) is 4.24. The molecule has 0 aliphatic carbocycles. The number of aryl methyl sites for hydroxylation is 2. The van der Waals surface area contributed by atoms with Gasteiger partial charge in [0.1, 0.15) is 0 Å². The number of thioether (sulfide) groups is 1. The second-order valence-electron chi connectivity index (χ2n) is 3.93. The first-order chi connectivity index (χ1) is 7.16. The Morgan fingerprint density at radius 3 is 2.80 bits per heavy atom. The van der Waals surface area contributed by atoms with Crippen LogP contribution in [0.15, 0.2) is 17.0 Å². The molecule has 0 radical (unpaired) electrons. The average molecular weight is 221 g/mol. The zero-order valence-electron chi connectivity index (χ0n) is 9.09. The van der Waals surface area contributed by atoms with Crippen LogP contribution in [0.1, 0.15) is 24.0 Å². The zero-order valence-corrected chi connectivity index (χ0v) is 9.91. The lowest BCUT2D eigenvalue weighted by Crippen LogP contribution is -2.14. The van der Waals surface area contributed by atoms with Gasteiger partial charge in [-0.3, -0.25) is 4.79 Å². The Balaban J connectivity index is 2.41. The fourth-order valence-corrected chi connectivity index (χ4v) is 2.67. The van der Waals surface area contributed by atoms with E-state index >= 15 is 0 Å². The lowest BCUT2D eigenvalue weighted by Gasteiger charge is -2.16.